The van der Waals surface area contributed by atoms with Gasteiger partial charge in [-0.3, -0.25) is 9.69 Å². The van der Waals surface area contributed by atoms with Crippen LogP contribution in [0.1, 0.15) is 18.5 Å². The average molecular weight is 375 g/mol. The summed E-state index contributed by atoms with van der Waals surface area (Å²) in [6.07, 6.45) is 1.95. The highest BCUT2D eigenvalue weighted by atomic mass is 16.2. The van der Waals surface area contributed by atoms with Crippen LogP contribution in [0, 0.1) is 6.92 Å². The molecule has 0 unspecified atom stereocenters. The molecular formula is C22H25N5O. The maximum Gasteiger partial charge on any atom is 0.238 e. The number of hydrogen-bond acceptors (Lipinski definition) is 5. The van der Waals surface area contributed by atoms with E-state index in [1.807, 2.05) is 49.4 Å². The molecule has 0 bridgehead atoms. The van der Waals surface area contributed by atoms with Gasteiger partial charge < -0.3 is 10.6 Å². The fraction of sp³-hybridized carbons (Fsp3) is 0.318. The number of anilines is 2. The Kier molecular flexibility index (Phi) is 5.48. The SMILES string of the molecule is Cc1nnc(NC2CCN(CC(=O)Nc3ccccc3)CC2)c2ccccc12. The maximum absolute atomic E-state index is 12.2. The zero-order valence-electron chi connectivity index (χ0n) is 16.1. The highest BCUT2D eigenvalue weighted by Gasteiger charge is 2.22. The smallest absolute Gasteiger partial charge is 0.238 e. The van der Waals surface area contributed by atoms with Crippen molar-refractivity contribution >= 4 is 28.2 Å². The Morgan fingerprint density at radius 1 is 1.00 bits per heavy atom. The summed E-state index contributed by atoms with van der Waals surface area (Å²) in [5, 5.41) is 17.4. The van der Waals surface area contributed by atoms with Crippen molar-refractivity contribution in [2.75, 3.05) is 30.3 Å². The minimum Gasteiger partial charge on any atom is -0.365 e. The number of fused-ring (bicyclic) bond motifs is 1. The first-order chi connectivity index (χ1) is 13.7. The van der Waals surface area contributed by atoms with Crippen LogP contribution in [0.3, 0.4) is 0 Å². The Morgan fingerprint density at radius 2 is 1.68 bits per heavy atom. The van der Waals surface area contributed by atoms with Crippen molar-refractivity contribution in [3.63, 3.8) is 0 Å². The maximum atomic E-state index is 12.2. The predicted octanol–water partition coefficient (Wildman–Crippen LogP) is 3.45. The van der Waals surface area contributed by atoms with Gasteiger partial charge in [-0.25, -0.2) is 0 Å². The molecule has 0 saturated carbocycles. The number of para-hydroxylation sites is 1. The second-order valence-corrected chi connectivity index (χ2v) is 7.29. The molecular weight excluding hydrogens is 350 g/mol. The lowest BCUT2D eigenvalue weighted by molar-refractivity contribution is -0.117. The third-order valence-corrected chi connectivity index (χ3v) is 5.23. The zero-order chi connectivity index (χ0) is 19.3. The van der Waals surface area contributed by atoms with E-state index in [0.717, 1.165) is 53.9 Å². The van der Waals surface area contributed by atoms with Crippen molar-refractivity contribution in [1.82, 2.24) is 15.1 Å². The van der Waals surface area contributed by atoms with Crippen molar-refractivity contribution < 1.29 is 4.79 Å². The van der Waals surface area contributed by atoms with Gasteiger partial charge in [-0.2, -0.15) is 5.10 Å². The lowest BCUT2D eigenvalue weighted by Crippen LogP contribution is -2.42. The number of carbonyl (C=O) groups excluding carboxylic acids is 1. The van der Waals surface area contributed by atoms with Crippen LogP contribution in [0.5, 0.6) is 0 Å². The average Bonchev–Trinajstić information content (AvgIpc) is 2.72. The van der Waals surface area contributed by atoms with E-state index < -0.39 is 0 Å². The number of carbonyl (C=O) groups is 1. The molecule has 3 aromatic rings. The zero-order valence-corrected chi connectivity index (χ0v) is 16.1. The molecule has 0 radical (unpaired) electrons. The molecule has 1 aromatic heterocycles. The summed E-state index contributed by atoms with van der Waals surface area (Å²) in [4.78, 5) is 14.4. The fourth-order valence-corrected chi connectivity index (χ4v) is 3.70. The molecule has 2 N–H and O–H groups in total. The summed E-state index contributed by atoms with van der Waals surface area (Å²) in [5.74, 6) is 0.884. The van der Waals surface area contributed by atoms with Crippen LogP contribution >= 0.6 is 0 Å². The van der Waals surface area contributed by atoms with Gasteiger partial charge in [0, 0.05) is 35.6 Å². The first kappa shape index (κ1) is 18.4. The Bertz CT molecular complexity index is 952. The van der Waals surface area contributed by atoms with Gasteiger partial charge in [0.15, 0.2) is 5.82 Å². The van der Waals surface area contributed by atoms with Crippen LogP contribution in [0.25, 0.3) is 10.8 Å². The predicted molar refractivity (Wildman–Crippen MR) is 112 cm³/mol. The lowest BCUT2D eigenvalue weighted by Gasteiger charge is -2.32. The summed E-state index contributed by atoms with van der Waals surface area (Å²) in [7, 11) is 0. The van der Waals surface area contributed by atoms with E-state index in [1.54, 1.807) is 0 Å². The van der Waals surface area contributed by atoms with E-state index >= 15 is 0 Å². The largest absolute Gasteiger partial charge is 0.365 e. The molecule has 1 saturated heterocycles. The summed E-state index contributed by atoms with van der Waals surface area (Å²) in [6.45, 7) is 4.18. The highest BCUT2D eigenvalue weighted by molar-refractivity contribution is 5.93. The lowest BCUT2D eigenvalue weighted by atomic mass is 10.0. The number of piperidine rings is 1. The van der Waals surface area contributed by atoms with E-state index in [4.69, 9.17) is 0 Å². The van der Waals surface area contributed by atoms with Crippen LogP contribution in [-0.4, -0.2) is 46.7 Å². The van der Waals surface area contributed by atoms with Gasteiger partial charge in [0.05, 0.1) is 12.2 Å². The van der Waals surface area contributed by atoms with Crippen molar-refractivity contribution in [2.45, 2.75) is 25.8 Å². The molecule has 2 aromatic carbocycles. The van der Waals surface area contributed by atoms with Gasteiger partial charge in [0.2, 0.25) is 5.91 Å². The molecule has 1 amide bonds. The number of benzene rings is 2. The van der Waals surface area contributed by atoms with Gasteiger partial charge in [0.1, 0.15) is 0 Å². The number of aryl methyl sites for hydroxylation is 1. The normalized spacial score (nSPS) is 15.5. The monoisotopic (exact) mass is 375 g/mol. The van der Waals surface area contributed by atoms with Gasteiger partial charge in [-0.1, -0.05) is 42.5 Å². The third kappa shape index (κ3) is 4.28. The number of likely N-dealkylation sites (tertiary alicyclic amines) is 1. The number of nitrogens with one attached hydrogen (secondary N) is 2. The quantitative estimate of drug-likeness (QED) is 0.715. The first-order valence-corrected chi connectivity index (χ1v) is 9.75. The van der Waals surface area contributed by atoms with Crippen molar-refractivity contribution in [3.05, 3.63) is 60.3 Å². The Morgan fingerprint density at radius 3 is 2.43 bits per heavy atom. The standard InChI is InChI=1S/C22H25N5O/c1-16-19-9-5-6-10-20(19)22(26-25-16)24-18-11-13-27(14-12-18)15-21(28)23-17-7-3-2-4-8-17/h2-10,18H,11-15H2,1H3,(H,23,28)(H,24,26). The number of nitrogens with zero attached hydrogens (tertiary/aromatic N) is 3. The molecule has 4 rings (SSSR count). The number of rotatable bonds is 5. The molecule has 1 aliphatic rings. The Balaban J connectivity index is 1.31. The molecule has 0 aliphatic carbocycles. The van der Waals surface area contributed by atoms with Crippen LogP contribution < -0.4 is 10.6 Å². The van der Waals surface area contributed by atoms with E-state index in [-0.39, 0.29) is 5.91 Å². The molecule has 1 aliphatic heterocycles. The van der Waals surface area contributed by atoms with E-state index in [2.05, 4.69) is 37.9 Å². The molecule has 2 heterocycles. The van der Waals surface area contributed by atoms with Crippen LogP contribution in [-0.2, 0) is 4.79 Å². The summed E-state index contributed by atoms with van der Waals surface area (Å²) < 4.78 is 0. The highest BCUT2D eigenvalue weighted by Crippen LogP contribution is 2.24. The molecule has 6 heteroatoms. The summed E-state index contributed by atoms with van der Waals surface area (Å²) >= 11 is 0. The van der Waals surface area contributed by atoms with Gasteiger partial charge in [0.25, 0.3) is 0 Å². The van der Waals surface area contributed by atoms with Crippen LogP contribution in [0.15, 0.2) is 54.6 Å². The minimum absolute atomic E-state index is 0.0352. The Labute approximate surface area is 165 Å². The van der Waals surface area contributed by atoms with E-state index in [9.17, 15) is 4.79 Å². The third-order valence-electron chi connectivity index (χ3n) is 5.23. The number of hydrogen-bond donors (Lipinski definition) is 2. The fourth-order valence-electron chi connectivity index (χ4n) is 3.70. The Hall–Kier alpha value is -2.99. The molecule has 1 fully saturated rings. The first-order valence-electron chi connectivity index (χ1n) is 9.75. The van der Waals surface area contributed by atoms with Gasteiger partial charge in [-0.05, 0) is 31.9 Å². The van der Waals surface area contributed by atoms with Crippen LogP contribution in [0.2, 0.25) is 0 Å². The number of aromatic nitrogens is 2. The van der Waals surface area contributed by atoms with Gasteiger partial charge in [-0.15, -0.1) is 5.10 Å². The van der Waals surface area contributed by atoms with Crippen molar-refractivity contribution in [3.8, 4) is 0 Å². The molecule has 0 atom stereocenters. The van der Waals surface area contributed by atoms with Crippen LogP contribution in [0.4, 0.5) is 11.5 Å². The number of amides is 1. The molecule has 0 spiro atoms. The summed E-state index contributed by atoms with van der Waals surface area (Å²) in [6, 6.07) is 18.2. The van der Waals surface area contributed by atoms with Crippen molar-refractivity contribution in [2.24, 2.45) is 0 Å². The van der Waals surface area contributed by atoms with Gasteiger partial charge >= 0.3 is 0 Å². The topological polar surface area (TPSA) is 70.2 Å². The second kappa shape index (κ2) is 8.35. The second-order valence-electron chi connectivity index (χ2n) is 7.29. The molecule has 28 heavy (non-hydrogen) atoms. The minimum atomic E-state index is 0.0352. The van der Waals surface area contributed by atoms with E-state index in [0.29, 0.717) is 12.6 Å². The van der Waals surface area contributed by atoms with E-state index in [1.165, 1.54) is 0 Å². The molecule has 6 nitrogen and oxygen atoms in total. The summed E-state index contributed by atoms with van der Waals surface area (Å²) in [5.41, 5.74) is 1.79. The van der Waals surface area contributed by atoms with Crippen molar-refractivity contribution in [1.29, 1.82) is 0 Å². The molecule has 144 valence electrons.